The second-order valence-electron chi connectivity index (χ2n) is 8.98. The third-order valence-electron chi connectivity index (χ3n) is 6.36. The third kappa shape index (κ3) is 13.4. The molecule has 1 aliphatic carbocycles. The normalized spacial score (nSPS) is 10.5. The van der Waals surface area contributed by atoms with Crippen LogP contribution >= 0.6 is 7.82 Å². The van der Waals surface area contributed by atoms with E-state index in [4.69, 9.17) is 41.2 Å². The minimum absolute atomic E-state index is 0. The van der Waals surface area contributed by atoms with Gasteiger partial charge in [-0.3, -0.25) is 9.11 Å². The monoisotopic (exact) mass is 772 g/mol. The van der Waals surface area contributed by atoms with Gasteiger partial charge in [0.1, 0.15) is 24.4 Å². The number of phosphoric acid groups is 1. The summed E-state index contributed by atoms with van der Waals surface area (Å²) in [5.74, 6) is -0.459. The van der Waals surface area contributed by atoms with E-state index in [0.717, 1.165) is 65.1 Å². The molecule has 0 aromatic heterocycles. The van der Waals surface area contributed by atoms with Gasteiger partial charge in [0.05, 0.1) is 12.0 Å². The maximum Gasteiger partial charge on any atom is 0.466 e. The van der Waals surface area contributed by atoms with Gasteiger partial charge in [0.2, 0.25) is 5.36 Å². The minimum atomic E-state index is -4.67. The number of carbonyl (C=O) groups excluding carboxylic acids is 1. The molecule has 0 fully saturated rings. The molecule has 15 nitrogen and oxygen atoms in total. The summed E-state index contributed by atoms with van der Waals surface area (Å²) in [6.45, 7) is 12.1. The van der Waals surface area contributed by atoms with Gasteiger partial charge in [0, 0.05) is 74.1 Å². The van der Waals surface area contributed by atoms with E-state index < -0.39 is 24.2 Å². The fourth-order valence-electron chi connectivity index (χ4n) is 4.61. The Morgan fingerprint density at radius 2 is 1.41 bits per heavy atom. The van der Waals surface area contributed by atoms with Crippen LogP contribution in [-0.4, -0.2) is 75.3 Å². The Morgan fingerprint density at radius 1 is 0.891 bits per heavy atom. The third-order valence-corrected chi connectivity index (χ3v) is 6.36. The molecule has 2 aromatic carbocycles. The van der Waals surface area contributed by atoms with Crippen LogP contribution in [0.4, 0.5) is 5.69 Å². The summed E-state index contributed by atoms with van der Waals surface area (Å²) in [5.41, 5.74) is 4.34. The molecule has 0 radical (unpaired) electrons. The van der Waals surface area contributed by atoms with Crippen molar-refractivity contribution in [2.45, 2.75) is 27.7 Å². The topological polar surface area (TPSA) is 275 Å². The van der Waals surface area contributed by atoms with Gasteiger partial charge in [-0.15, -0.1) is 0 Å². The maximum absolute atomic E-state index is 12.0. The van der Waals surface area contributed by atoms with Crippen LogP contribution in [-0.2, 0) is 36.0 Å². The molecule has 0 amide bonds. The van der Waals surface area contributed by atoms with Gasteiger partial charge >= 0.3 is 18.2 Å². The van der Waals surface area contributed by atoms with E-state index in [-0.39, 0.29) is 37.6 Å². The van der Waals surface area contributed by atoms with Crippen molar-refractivity contribution in [2.24, 2.45) is 0 Å². The molecular formula is C28H39MoN2O13PS. The van der Waals surface area contributed by atoms with Crippen molar-refractivity contribution in [2.75, 3.05) is 31.1 Å². The first-order chi connectivity index (χ1) is 20.0. The van der Waals surface area contributed by atoms with Crippen LogP contribution in [0, 0.1) is 0 Å². The zero-order valence-corrected chi connectivity index (χ0v) is 29.2. The fourth-order valence-corrected chi connectivity index (χ4v) is 4.61. The van der Waals surface area contributed by atoms with E-state index in [2.05, 4.69) is 61.4 Å². The van der Waals surface area contributed by atoms with Gasteiger partial charge in [0.25, 0.3) is 0 Å². The molecule has 0 spiro atoms. The average Bonchev–Trinajstić information content (AvgIpc) is 2.91. The molecule has 0 bridgehead atoms. The molecule has 9 N–H and O–H groups in total. The Bertz CT molecular complexity index is 1750. The second-order valence-corrected chi connectivity index (χ2v) is 10.9. The van der Waals surface area contributed by atoms with Crippen LogP contribution in [0.1, 0.15) is 38.1 Å². The molecule has 0 unspecified atom stereocenters. The predicted octanol–water partition coefficient (Wildman–Crippen LogP) is 0.993. The first kappa shape index (κ1) is 45.1. The van der Waals surface area contributed by atoms with E-state index in [1.54, 1.807) is 12.1 Å². The van der Waals surface area contributed by atoms with Crippen LogP contribution in [0.25, 0.3) is 33.4 Å². The Kier molecular flexibility index (Phi) is 19.2. The van der Waals surface area contributed by atoms with Crippen molar-refractivity contribution in [3.8, 4) is 22.5 Å². The molecule has 4 rings (SSSR count). The van der Waals surface area contributed by atoms with Crippen LogP contribution < -0.4 is 19.9 Å². The number of carboxylic acid groups (broad SMARTS) is 1. The van der Waals surface area contributed by atoms with Gasteiger partial charge < -0.3 is 44.9 Å². The van der Waals surface area contributed by atoms with E-state index in [1.807, 2.05) is 24.3 Å². The SMILES string of the molecule is CCN(CC)c1ccc2c(-c3ccccc3C(=O)[O-])c3ccc(=[N+](CC)CC)cc-3oc2c1.O.O.O=P(O)(O)O.O=S(=O)(O)O.[Mo]. The summed E-state index contributed by atoms with van der Waals surface area (Å²) < 4.78 is 49.2. The van der Waals surface area contributed by atoms with Gasteiger partial charge in [-0.25, -0.2) is 9.14 Å². The van der Waals surface area contributed by atoms with Crippen LogP contribution in [0.2, 0.25) is 0 Å². The van der Waals surface area contributed by atoms with Gasteiger partial charge in [-0.2, -0.15) is 8.42 Å². The minimum Gasteiger partial charge on any atom is -0.545 e. The molecule has 0 saturated carbocycles. The van der Waals surface area contributed by atoms with E-state index in [1.165, 1.54) is 0 Å². The summed E-state index contributed by atoms with van der Waals surface area (Å²) in [7, 11) is -9.31. The molecule has 2 aliphatic rings. The largest absolute Gasteiger partial charge is 0.545 e. The second kappa shape index (κ2) is 19.6. The number of carbonyl (C=O) groups is 1. The number of aromatic carboxylic acids is 1. The Labute approximate surface area is 280 Å². The standard InChI is InChI=1S/C28H30N2O3.Mo.H3O4P.H2O4S.2H2O/c1-5-29(6-2)19-13-15-23-25(17-19)33-26-18-20(30(7-3)8-4)14-16-24(26)27(23)21-11-9-10-12-22(21)28(31)32;;2*1-5(2,3)4;;/h9-18H,5-8H2,1-4H3;;(H3,1,2,3,4);(H2,1,2,3,4);2*1H2. The summed E-state index contributed by atoms with van der Waals surface area (Å²) in [5, 5.41) is 13.9. The molecular weight excluding hydrogens is 731 g/mol. The number of carboxylic acids is 1. The Hall–Kier alpha value is -3.01. The molecule has 1 aliphatic heterocycles. The zero-order chi connectivity index (χ0) is 32.5. The molecule has 0 atom stereocenters. The predicted molar refractivity (Wildman–Crippen MR) is 168 cm³/mol. The number of rotatable bonds is 7. The Balaban J connectivity index is 0. The number of benzene rings is 3. The average molecular weight is 771 g/mol. The summed E-state index contributed by atoms with van der Waals surface area (Å²) in [6, 6.07) is 19.3. The van der Waals surface area contributed by atoms with Crippen molar-refractivity contribution < 1.29 is 83.1 Å². The van der Waals surface area contributed by atoms with Crippen molar-refractivity contribution >= 4 is 40.8 Å². The van der Waals surface area contributed by atoms with Crippen molar-refractivity contribution in [3.63, 3.8) is 0 Å². The number of hydrogen-bond donors (Lipinski definition) is 5. The fraction of sp³-hybridized carbons (Fsp3) is 0.286. The van der Waals surface area contributed by atoms with Gasteiger partial charge in [0.15, 0.2) is 0 Å². The Morgan fingerprint density at radius 3 is 1.89 bits per heavy atom. The first-order valence-electron chi connectivity index (χ1n) is 13.1. The maximum atomic E-state index is 12.0. The number of hydrogen-bond acceptors (Lipinski definition) is 7. The summed E-state index contributed by atoms with van der Waals surface area (Å²) >= 11 is 0. The number of anilines is 1. The van der Waals surface area contributed by atoms with Gasteiger partial charge in [-0.1, -0.05) is 24.3 Å². The van der Waals surface area contributed by atoms with Crippen molar-refractivity contribution in [3.05, 3.63) is 71.6 Å². The van der Waals surface area contributed by atoms with Crippen molar-refractivity contribution in [1.29, 1.82) is 0 Å². The van der Waals surface area contributed by atoms with Gasteiger partial charge in [-0.05, 0) is 51.5 Å². The van der Waals surface area contributed by atoms with Crippen LogP contribution in [0.5, 0.6) is 0 Å². The quantitative estimate of drug-likeness (QED) is 0.0579. The molecule has 18 heteroatoms. The van der Waals surface area contributed by atoms with Crippen LogP contribution in [0.3, 0.4) is 0 Å². The molecule has 46 heavy (non-hydrogen) atoms. The van der Waals surface area contributed by atoms with Crippen molar-refractivity contribution in [1.82, 2.24) is 4.58 Å². The number of nitrogens with zero attached hydrogens (tertiary/aromatic N) is 2. The molecule has 2 aromatic rings. The first-order valence-corrected chi connectivity index (χ1v) is 16.1. The van der Waals surface area contributed by atoms with E-state index >= 15 is 0 Å². The molecule has 0 saturated heterocycles. The summed E-state index contributed by atoms with van der Waals surface area (Å²) in [6.07, 6.45) is 0. The zero-order valence-electron chi connectivity index (χ0n) is 25.4. The van der Waals surface area contributed by atoms with E-state index in [0.29, 0.717) is 5.56 Å². The smallest absolute Gasteiger partial charge is 0.466 e. The molecule has 1 heterocycles. The summed E-state index contributed by atoms with van der Waals surface area (Å²) in [4.78, 5) is 35.8. The number of fused-ring (bicyclic) bond motifs is 2. The van der Waals surface area contributed by atoms with E-state index in [9.17, 15) is 9.90 Å². The molecule has 256 valence electrons. The van der Waals surface area contributed by atoms with Crippen LogP contribution in [0.15, 0.2) is 65.1 Å².